The highest BCUT2D eigenvalue weighted by Gasteiger charge is 2.23. The SMILES string of the molecule is CCCCC[C@H]1CC[C@H](c2ccc(-c3ccc(OC(=O)OCC)cc3)c(F)c2)CC1. The molecule has 30 heavy (non-hydrogen) atoms. The Morgan fingerprint density at radius 2 is 1.73 bits per heavy atom. The van der Waals surface area contributed by atoms with Crippen molar-refractivity contribution in [1.82, 2.24) is 0 Å². The highest BCUT2D eigenvalue weighted by atomic mass is 19.1. The van der Waals surface area contributed by atoms with E-state index in [2.05, 4.69) is 13.0 Å². The van der Waals surface area contributed by atoms with Gasteiger partial charge in [0.2, 0.25) is 0 Å². The second kappa shape index (κ2) is 11.1. The molecule has 0 amide bonds. The number of unbranched alkanes of at least 4 members (excludes halogenated alkanes) is 2. The molecule has 0 saturated heterocycles. The lowest BCUT2D eigenvalue weighted by Gasteiger charge is -2.29. The first-order chi connectivity index (χ1) is 14.6. The van der Waals surface area contributed by atoms with E-state index in [4.69, 9.17) is 9.47 Å². The fourth-order valence-corrected chi connectivity index (χ4v) is 4.43. The summed E-state index contributed by atoms with van der Waals surface area (Å²) in [5, 5.41) is 0. The number of ether oxygens (including phenoxy) is 2. The Morgan fingerprint density at radius 3 is 2.37 bits per heavy atom. The normalized spacial score (nSPS) is 18.8. The molecule has 3 nitrogen and oxygen atoms in total. The molecule has 0 atom stereocenters. The van der Waals surface area contributed by atoms with Crippen LogP contribution < -0.4 is 4.74 Å². The Balaban J connectivity index is 1.60. The molecule has 0 heterocycles. The minimum Gasteiger partial charge on any atom is -0.434 e. The first kappa shape index (κ1) is 22.3. The van der Waals surface area contributed by atoms with Crippen molar-refractivity contribution in [2.24, 2.45) is 5.92 Å². The summed E-state index contributed by atoms with van der Waals surface area (Å²) in [7, 11) is 0. The molecule has 1 aliphatic rings. The Morgan fingerprint density at radius 1 is 1.00 bits per heavy atom. The number of halogens is 1. The minimum atomic E-state index is -0.735. The molecule has 0 unspecified atom stereocenters. The Kier molecular flexibility index (Phi) is 8.30. The maximum atomic E-state index is 14.9. The second-order valence-electron chi connectivity index (χ2n) is 8.26. The van der Waals surface area contributed by atoms with E-state index in [0.29, 0.717) is 17.2 Å². The lowest BCUT2D eigenvalue weighted by Crippen LogP contribution is -2.13. The number of benzene rings is 2. The Hall–Kier alpha value is -2.36. The summed E-state index contributed by atoms with van der Waals surface area (Å²) in [6, 6.07) is 12.5. The van der Waals surface area contributed by atoms with Crippen molar-refractivity contribution in [1.29, 1.82) is 0 Å². The van der Waals surface area contributed by atoms with Crippen LogP contribution in [0.3, 0.4) is 0 Å². The second-order valence-corrected chi connectivity index (χ2v) is 8.26. The molecule has 3 rings (SSSR count). The van der Waals surface area contributed by atoms with Gasteiger partial charge in [-0.2, -0.15) is 0 Å². The largest absolute Gasteiger partial charge is 0.513 e. The third-order valence-corrected chi connectivity index (χ3v) is 6.16. The molecule has 0 N–H and O–H groups in total. The van der Waals surface area contributed by atoms with E-state index in [1.165, 1.54) is 38.5 Å². The number of hydrogen-bond donors (Lipinski definition) is 0. The highest BCUT2D eigenvalue weighted by molar-refractivity contribution is 5.67. The van der Waals surface area contributed by atoms with Crippen LogP contribution in [0, 0.1) is 11.7 Å². The molecule has 1 saturated carbocycles. The summed E-state index contributed by atoms with van der Waals surface area (Å²) in [4.78, 5) is 11.4. The zero-order valence-electron chi connectivity index (χ0n) is 18.2. The van der Waals surface area contributed by atoms with Crippen LogP contribution in [0.4, 0.5) is 9.18 Å². The quantitative estimate of drug-likeness (QED) is 0.251. The highest BCUT2D eigenvalue weighted by Crippen LogP contribution is 2.39. The van der Waals surface area contributed by atoms with Crippen LogP contribution in [0.1, 0.15) is 76.7 Å². The van der Waals surface area contributed by atoms with Gasteiger partial charge >= 0.3 is 6.16 Å². The molecule has 2 aromatic carbocycles. The van der Waals surface area contributed by atoms with E-state index in [9.17, 15) is 9.18 Å². The van der Waals surface area contributed by atoms with Crippen LogP contribution in [0.25, 0.3) is 11.1 Å². The van der Waals surface area contributed by atoms with Crippen molar-refractivity contribution in [3.63, 3.8) is 0 Å². The van der Waals surface area contributed by atoms with Crippen LogP contribution in [-0.4, -0.2) is 12.8 Å². The topological polar surface area (TPSA) is 35.5 Å². The van der Waals surface area contributed by atoms with Gasteiger partial charge in [0.05, 0.1) is 6.61 Å². The van der Waals surface area contributed by atoms with Crippen molar-refractivity contribution in [3.8, 4) is 16.9 Å². The summed E-state index contributed by atoms with van der Waals surface area (Å²) in [6.07, 6.45) is 9.43. The molecule has 0 radical (unpaired) electrons. The predicted molar refractivity (Wildman–Crippen MR) is 118 cm³/mol. The molecule has 0 bridgehead atoms. The maximum absolute atomic E-state index is 14.9. The minimum absolute atomic E-state index is 0.198. The van der Waals surface area contributed by atoms with Crippen molar-refractivity contribution in [2.45, 2.75) is 71.1 Å². The third kappa shape index (κ3) is 6.07. The van der Waals surface area contributed by atoms with Crippen molar-refractivity contribution in [2.75, 3.05) is 6.61 Å². The average Bonchev–Trinajstić information content (AvgIpc) is 2.75. The lowest BCUT2D eigenvalue weighted by molar-refractivity contribution is 0.104. The summed E-state index contributed by atoms with van der Waals surface area (Å²) in [5.41, 5.74) is 2.44. The molecule has 0 spiro atoms. The van der Waals surface area contributed by atoms with Crippen molar-refractivity contribution < 1.29 is 18.7 Å². The van der Waals surface area contributed by atoms with E-state index in [-0.39, 0.29) is 12.4 Å². The Bertz CT molecular complexity index is 808. The third-order valence-electron chi connectivity index (χ3n) is 6.16. The maximum Gasteiger partial charge on any atom is 0.513 e. The number of carbonyl (C=O) groups excluding carboxylic acids is 1. The summed E-state index contributed by atoms with van der Waals surface area (Å²) < 4.78 is 24.7. The van der Waals surface area contributed by atoms with Gasteiger partial charge in [-0.05, 0) is 73.8 Å². The predicted octanol–water partition coefficient (Wildman–Crippen LogP) is 7.88. The van der Waals surface area contributed by atoms with Gasteiger partial charge in [0.15, 0.2) is 0 Å². The molecule has 0 aromatic heterocycles. The molecule has 1 fully saturated rings. The van der Waals surface area contributed by atoms with Gasteiger partial charge in [0, 0.05) is 5.56 Å². The van der Waals surface area contributed by atoms with E-state index in [1.807, 2.05) is 6.07 Å². The van der Waals surface area contributed by atoms with E-state index < -0.39 is 6.16 Å². The van der Waals surface area contributed by atoms with Crippen LogP contribution in [0.15, 0.2) is 42.5 Å². The average molecular weight is 413 g/mol. The fourth-order valence-electron chi connectivity index (χ4n) is 4.43. The zero-order chi connectivity index (χ0) is 21.3. The molecule has 1 aliphatic carbocycles. The van der Waals surface area contributed by atoms with Crippen LogP contribution >= 0.6 is 0 Å². The van der Waals surface area contributed by atoms with E-state index >= 15 is 0 Å². The number of carbonyl (C=O) groups is 1. The summed E-state index contributed by atoms with van der Waals surface area (Å²) in [6.45, 7) is 4.23. The van der Waals surface area contributed by atoms with Gasteiger partial charge < -0.3 is 9.47 Å². The van der Waals surface area contributed by atoms with Crippen molar-refractivity contribution >= 4 is 6.16 Å². The first-order valence-electron chi connectivity index (χ1n) is 11.3. The smallest absolute Gasteiger partial charge is 0.434 e. The van der Waals surface area contributed by atoms with Gasteiger partial charge in [-0.15, -0.1) is 0 Å². The van der Waals surface area contributed by atoms with Crippen LogP contribution in [-0.2, 0) is 4.74 Å². The molecule has 4 heteroatoms. The lowest BCUT2D eigenvalue weighted by atomic mass is 9.77. The monoisotopic (exact) mass is 412 g/mol. The van der Waals surface area contributed by atoms with Gasteiger partial charge in [0.1, 0.15) is 11.6 Å². The molecular weight excluding hydrogens is 379 g/mol. The summed E-state index contributed by atoms with van der Waals surface area (Å²) in [5.74, 6) is 1.50. The molecule has 162 valence electrons. The Labute approximate surface area is 179 Å². The number of rotatable bonds is 8. The fraction of sp³-hybridized carbons (Fsp3) is 0.500. The van der Waals surface area contributed by atoms with Crippen molar-refractivity contribution in [3.05, 3.63) is 53.8 Å². The van der Waals surface area contributed by atoms with E-state index in [0.717, 1.165) is 29.9 Å². The van der Waals surface area contributed by atoms with E-state index in [1.54, 1.807) is 37.3 Å². The van der Waals surface area contributed by atoms with Gasteiger partial charge in [-0.25, -0.2) is 9.18 Å². The molecule has 2 aromatic rings. The van der Waals surface area contributed by atoms with Crippen LogP contribution in [0.5, 0.6) is 5.75 Å². The first-order valence-corrected chi connectivity index (χ1v) is 11.3. The van der Waals surface area contributed by atoms with Gasteiger partial charge in [-0.1, -0.05) is 56.9 Å². The number of hydrogen-bond acceptors (Lipinski definition) is 3. The molecular formula is C26H33FO3. The van der Waals surface area contributed by atoms with Crippen LogP contribution in [0.2, 0.25) is 0 Å². The zero-order valence-corrected chi connectivity index (χ0v) is 18.2. The van der Waals surface area contributed by atoms with Gasteiger partial charge in [0.25, 0.3) is 0 Å². The van der Waals surface area contributed by atoms with Gasteiger partial charge in [-0.3, -0.25) is 0 Å². The summed E-state index contributed by atoms with van der Waals surface area (Å²) >= 11 is 0. The molecule has 0 aliphatic heterocycles. The standard InChI is InChI=1S/C26H33FO3/c1-3-5-6-7-19-8-10-20(11-9-19)22-14-17-24(25(27)18-22)21-12-15-23(16-13-21)30-26(28)29-4-2/h12-20H,3-11H2,1-2H3/t19-,20-.